The third-order valence-corrected chi connectivity index (χ3v) is 4.49. The Balaban J connectivity index is 2.02. The molecule has 6 heteroatoms. The van der Waals surface area contributed by atoms with Gasteiger partial charge in [0.05, 0.1) is 17.3 Å². The number of hydrogen-bond donors (Lipinski definition) is 2. The fourth-order valence-corrected chi connectivity index (χ4v) is 3.16. The maximum absolute atomic E-state index is 11.0. The molecule has 0 unspecified atom stereocenters. The van der Waals surface area contributed by atoms with Crippen molar-refractivity contribution in [1.29, 1.82) is 0 Å². The molecule has 2 rings (SSSR count). The summed E-state index contributed by atoms with van der Waals surface area (Å²) in [6, 6.07) is 8.20. The van der Waals surface area contributed by atoms with E-state index in [0.29, 0.717) is 23.5 Å². The van der Waals surface area contributed by atoms with E-state index < -0.39 is 5.97 Å². The molecule has 0 amide bonds. The summed E-state index contributed by atoms with van der Waals surface area (Å²) >= 11 is 1.24. The average molecular weight is 320 g/mol. The predicted molar refractivity (Wildman–Crippen MR) is 86.5 cm³/mol. The van der Waals surface area contributed by atoms with Gasteiger partial charge in [-0.15, -0.1) is 11.3 Å². The highest BCUT2D eigenvalue weighted by Crippen LogP contribution is 2.21. The summed E-state index contributed by atoms with van der Waals surface area (Å²) in [5.74, 6) is -0.913. The molecule has 1 aromatic heterocycles. The molecule has 5 nitrogen and oxygen atoms in total. The highest BCUT2D eigenvalue weighted by atomic mass is 32.1. The lowest BCUT2D eigenvalue weighted by molar-refractivity contribution is 0.0701. The molecule has 0 bridgehead atoms. The Labute approximate surface area is 133 Å². The van der Waals surface area contributed by atoms with Gasteiger partial charge in [-0.05, 0) is 25.1 Å². The van der Waals surface area contributed by atoms with Crippen molar-refractivity contribution in [2.45, 2.75) is 19.9 Å². The molecule has 0 saturated heterocycles. The third-order valence-electron chi connectivity index (χ3n) is 3.35. The van der Waals surface area contributed by atoms with E-state index in [-0.39, 0.29) is 6.61 Å². The molecule has 0 spiro atoms. The van der Waals surface area contributed by atoms with Crippen LogP contribution < -0.4 is 0 Å². The van der Waals surface area contributed by atoms with Crippen molar-refractivity contribution in [3.8, 4) is 0 Å². The Morgan fingerprint density at radius 1 is 1.27 bits per heavy atom. The number of aromatic nitrogens is 1. The van der Waals surface area contributed by atoms with Gasteiger partial charge in [0.25, 0.3) is 0 Å². The minimum Gasteiger partial charge on any atom is -0.477 e. The van der Waals surface area contributed by atoms with Crippen molar-refractivity contribution in [2.75, 3.05) is 20.2 Å². The topological polar surface area (TPSA) is 73.7 Å². The predicted octanol–water partition coefficient (Wildman–Crippen LogP) is 2.16. The lowest BCUT2D eigenvalue weighted by Crippen LogP contribution is -2.21. The van der Waals surface area contributed by atoms with Gasteiger partial charge in [0, 0.05) is 19.5 Å². The first-order valence-corrected chi connectivity index (χ1v) is 7.88. The second-order valence-corrected chi connectivity index (χ2v) is 6.37. The number of likely N-dealkylation sites (N-methyl/N-ethyl adjacent to an activating group) is 1. The first-order chi connectivity index (χ1) is 10.5. The normalized spacial score (nSPS) is 11.1. The zero-order valence-corrected chi connectivity index (χ0v) is 13.6. The molecule has 0 aliphatic carbocycles. The second kappa shape index (κ2) is 7.49. The third kappa shape index (κ3) is 4.37. The number of carbonyl (C=O) groups is 1. The molecule has 0 aliphatic rings. The fourth-order valence-electron chi connectivity index (χ4n) is 2.22. The van der Waals surface area contributed by atoms with E-state index in [0.717, 1.165) is 17.1 Å². The first-order valence-electron chi connectivity index (χ1n) is 7.06. The van der Waals surface area contributed by atoms with Gasteiger partial charge in [0.2, 0.25) is 0 Å². The molecular weight excluding hydrogens is 300 g/mol. The Bertz CT molecular complexity index is 637. The number of carboxylic acid groups (broad SMARTS) is 1. The summed E-state index contributed by atoms with van der Waals surface area (Å²) in [6.07, 6.45) is 0.644. The Morgan fingerprint density at radius 3 is 2.45 bits per heavy atom. The fraction of sp³-hybridized carbons (Fsp3) is 0.375. The van der Waals surface area contributed by atoms with E-state index in [1.54, 1.807) is 6.92 Å². The van der Waals surface area contributed by atoms with Gasteiger partial charge in [-0.25, -0.2) is 9.78 Å². The van der Waals surface area contributed by atoms with E-state index in [1.807, 2.05) is 19.2 Å². The number of thiazole rings is 1. The largest absolute Gasteiger partial charge is 0.477 e. The molecule has 2 aromatic rings. The SMILES string of the molecule is Cc1nc(Cc2ccc(CN(C)CCO)cc2)sc1C(=O)O. The van der Waals surface area contributed by atoms with Gasteiger partial charge in [-0.2, -0.15) is 0 Å². The number of nitrogens with zero attached hydrogens (tertiary/aromatic N) is 2. The highest BCUT2D eigenvalue weighted by molar-refractivity contribution is 7.13. The van der Waals surface area contributed by atoms with Crippen LogP contribution in [-0.4, -0.2) is 46.3 Å². The molecule has 0 radical (unpaired) electrons. The Hall–Kier alpha value is -1.76. The van der Waals surface area contributed by atoms with Crippen molar-refractivity contribution in [2.24, 2.45) is 0 Å². The van der Waals surface area contributed by atoms with Crippen LogP contribution in [-0.2, 0) is 13.0 Å². The van der Waals surface area contributed by atoms with Gasteiger partial charge in [0.15, 0.2) is 0 Å². The summed E-state index contributed by atoms with van der Waals surface area (Å²) < 4.78 is 0. The minimum atomic E-state index is -0.913. The standard InChI is InChI=1S/C16H20N2O3S/c1-11-15(16(20)21)22-14(17-11)9-12-3-5-13(6-4-12)10-18(2)7-8-19/h3-6,19H,7-10H2,1-2H3,(H,20,21). The number of carboxylic acids is 1. The molecule has 0 aliphatic heterocycles. The van der Waals surface area contributed by atoms with Crippen LogP contribution in [0.25, 0.3) is 0 Å². The second-order valence-electron chi connectivity index (χ2n) is 5.28. The summed E-state index contributed by atoms with van der Waals surface area (Å²) in [4.78, 5) is 17.7. The van der Waals surface area contributed by atoms with E-state index in [2.05, 4.69) is 22.0 Å². The van der Waals surface area contributed by atoms with Crippen LogP contribution in [0.3, 0.4) is 0 Å². The summed E-state index contributed by atoms with van der Waals surface area (Å²) in [5, 5.41) is 18.8. The molecule has 118 valence electrons. The maximum Gasteiger partial charge on any atom is 0.347 e. The quantitative estimate of drug-likeness (QED) is 0.818. The first kappa shape index (κ1) is 16.6. The zero-order chi connectivity index (χ0) is 16.1. The van der Waals surface area contributed by atoms with Crippen LogP contribution in [0, 0.1) is 6.92 Å². The van der Waals surface area contributed by atoms with Crippen LogP contribution >= 0.6 is 11.3 Å². The van der Waals surface area contributed by atoms with Crippen molar-refractivity contribution in [3.63, 3.8) is 0 Å². The van der Waals surface area contributed by atoms with E-state index in [4.69, 9.17) is 10.2 Å². The van der Waals surface area contributed by atoms with Crippen molar-refractivity contribution in [3.05, 3.63) is 51.0 Å². The Morgan fingerprint density at radius 2 is 1.91 bits per heavy atom. The summed E-state index contributed by atoms with van der Waals surface area (Å²) in [6.45, 7) is 3.33. The molecule has 1 aromatic carbocycles. The van der Waals surface area contributed by atoms with E-state index in [1.165, 1.54) is 16.9 Å². The zero-order valence-electron chi connectivity index (χ0n) is 12.7. The maximum atomic E-state index is 11.0. The van der Waals surface area contributed by atoms with Gasteiger partial charge >= 0.3 is 5.97 Å². The minimum absolute atomic E-state index is 0.157. The van der Waals surface area contributed by atoms with E-state index >= 15 is 0 Å². The smallest absolute Gasteiger partial charge is 0.347 e. The number of rotatable bonds is 7. The van der Waals surface area contributed by atoms with E-state index in [9.17, 15) is 4.79 Å². The molecule has 1 heterocycles. The van der Waals surface area contributed by atoms with Crippen molar-refractivity contribution < 1.29 is 15.0 Å². The number of aromatic carboxylic acids is 1. The number of hydrogen-bond acceptors (Lipinski definition) is 5. The van der Waals surface area contributed by atoms with Gasteiger partial charge in [-0.1, -0.05) is 24.3 Å². The number of aliphatic hydroxyl groups is 1. The monoisotopic (exact) mass is 320 g/mol. The molecule has 0 fully saturated rings. The van der Waals surface area contributed by atoms with Crippen LogP contribution in [0.15, 0.2) is 24.3 Å². The molecular formula is C16H20N2O3S. The van der Waals surface area contributed by atoms with Crippen molar-refractivity contribution >= 4 is 17.3 Å². The van der Waals surface area contributed by atoms with Crippen LogP contribution in [0.4, 0.5) is 0 Å². The van der Waals surface area contributed by atoms with Crippen LogP contribution in [0.1, 0.15) is 31.5 Å². The summed E-state index contributed by atoms with van der Waals surface area (Å²) in [7, 11) is 1.97. The van der Waals surface area contributed by atoms with Crippen LogP contribution in [0.2, 0.25) is 0 Å². The lowest BCUT2D eigenvalue weighted by Gasteiger charge is -2.15. The van der Waals surface area contributed by atoms with Crippen LogP contribution in [0.5, 0.6) is 0 Å². The number of aryl methyl sites for hydroxylation is 1. The lowest BCUT2D eigenvalue weighted by atomic mass is 10.1. The number of benzene rings is 1. The Kier molecular flexibility index (Phi) is 5.65. The van der Waals surface area contributed by atoms with Gasteiger partial charge in [-0.3, -0.25) is 4.90 Å². The van der Waals surface area contributed by atoms with Crippen molar-refractivity contribution in [1.82, 2.24) is 9.88 Å². The summed E-state index contributed by atoms with van der Waals surface area (Å²) in [5.41, 5.74) is 2.87. The molecule has 0 saturated carbocycles. The van der Waals surface area contributed by atoms with Gasteiger partial charge in [0.1, 0.15) is 4.88 Å². The molecule has 22 heavy (non-hydrogen) atoms. The average Bonchev–Trinajstić information content (AvgIpc) is 2.82. The molecule has 2 N–H and O–H groups in total. The van der Waals surface area contributed by atoms with Gasteiger partial charge < -0.3 is 10.2 Å². The highest BCUT2D eigenvalue weighted by Gasteiger charge is 2.14. The molecule has 0 atom stereocenters. The number of aliphatic hydroxyl groups excluding tert-OH is 1.